The number of nitrogens with one attached hydrogen (secondary N) is 1. The van der Waals surface area contributed by atoms with Gasteiger partial charge < -0.3 is 15.2 Å². The van der Waals surface area contributed by atoms with Gasteiger partial charge in [-0.05, 0) is 43.5 Å². The Bertz CT molecular complexity index is 376. The van der Waals surface area contributed by atoms with Crippen LogP contribution < -0.4 is 10.1 Å². The van der Waals surface area contributed by atoms with Crippen molar-refractivity contribution in [1.82, 2.24) is 5.32 Å². The fourth-order valence-corrected chi connectivity index (χ4v) is 1.86. The first kappa shape index (κ1) is 16.9. The molecule has 0 aliphatic rings. The van der Waals surface area contributed by atoms with Gasteiger partial charge in [-0.25, -0.2) is 8.78 Å². The molecule has 1 aromatic carbocycles. The largest absolute Gasteiger partial charge is 0.488 e. The molecular formula is C15H23F2NO2. The van der Waals surface area contributed by atoms with Crippen molar-refractivity contribution < 1.29 is 18.6 Å². The Kier molecular flexibility index (Phi) is 8.14. The molecule has 0 bridgehead atoms. The van der Waals surface area contributed by atoms with Crippen molar-refractivity contribution in [1.29, 1.82) is 0 Å². The van der Waals surface area contributed by atoms with Crippen LogP contribution in [0.5, 0.6) is 5.75 Å². The summed E-state index contributed by atoms with van der Waals surface area (Å²) in [6.07, 6.45) is 3.24. The number of unbranched alkanes of at least 4 members (excludes halogenated alkanes) is 3. The lowest BCUT2D eigenvalue weighted by molar-refractivity contribution is 0.263. The van der Waals surface area contributed by atoms with Crippen molar-refractivity contribution >= 4 is 0 Å². The molecule has 0 saturated heterocycles. The molecule has 0 heterocycles. The maximum absolute atomic E-state index is 13.7. The standard InChI is InChI=1S/C15H23F2NO2/c1-2-18-11-12-9-13(16)15(14(17)10-12)20-8-6-4-3-5-7-19/h9-10,18-19H,2-8,11H2,1H3. The summed E-state index contributed by atoms with van der Waals surface area (Å²) in [5.41, 5.74) is 0.567. The minimum Gasteiger partial charge on any atom is -0.488 e. The summed E-state index contributed by atoms with van der Waals surface area (Å²) in [7, 11) is 0. The molecule has 0 fully saturated rings. The molecule has 20 heavy (non-hydrogen) atoms. The highest BCUT2D eigenvalue weighted by Crippen LogP contribution is 2.23. The van der Waals surface area contributed by atoms with E-state index in [0.29, 0.717) is 12.1 Å². The van der Waals surface area contributed by atoms with E-state index in [1.807, 2.05) is 6.92 Å². The van der Waals surface area contributed by atoms with E-state index in [2.05, 4.69) is 5.32 Å². The molecule has 0 spiro atoms. The Hall–Kier alpha value is -1.20. The Morgan fingerprint density at radius 1 is 1.10 bits per heavy atom. The third-order valence-corrected chi connectivity index (χ3v) is 2.94. The second kappa shape index (κ2) is 9.66. The Morgan fingerprint density at radius 2 is 1.75 bits per heavy atom. The summed E-state index contributed by atoms with van der Waals surface area (Å²) in [5, 5.41) is 11.6. The minimum absolute atomic E-state index is 0.178. The van der Waals surface area contributed by atoms with Crippen LogP contribution in [0, 0.1) is 11.6 Å². The summed E-state index contributed by atoms with van der Waals surface area (Å²) < 4.78 is 32.7. The molecule has 0 radical (unpaired) electrons. The zero-order chi connectivity index (χ0) is 14.8. The van der Waals surface area contributed by atoms with Gasteiger partial charge in [-0.2, -0.15) is 0 Å². The predicted molar refractivity (Wildman–Crippen MR) is 74.8 cm³/mol. The molecule has 5 heteroatoms. The van der Waals surface area contributed by atoms with Crippen molar-refractivity contribution in [2.75, 3.05) is 19.8 Å². The van der Waals surface area contributed by atoms with Crippen LogP contribution in [0.1, 0.15) is 38.2 Å². The molecule has 0 amide bonds. The SMILES string of the molecule is CCNCc1cc(F)c(OCCCCCCO)c(F)c1. The van der Waals surface area contributed by atoms with Crippen LogP contribution in [-0.4, -0.2) is 24.9 Å². The first-order chi connectivity index (χ1) is 9.69. The van der Waals surface area contributed by atoms with Crippen LogP contribution in [-0.2, 0) is 6.54 Å². The maximum atomic E-state index is 13.7. The molecule has 1 rings (SSSR count). The molecule has 0 unspecified atom stereocenters. The van der Waals surface area contributed by atoms with E-state index in [-0.39, 0.29) is 19.0 Å². The average Bonchev–Trinajstić information content (AvgIpc) is 2.42. The summed E-state index contributed by atoms with van der Waals surface area (Å²) >= 11 is 0. The van der Waals surface area contributed by atoms with Crippen molar-refractivity contribution in [3.63, 3.8) is 0 Å². The number of aliphatic hydroxyl groups excluding tert-OH is 1. The van der Waals surface area contributed by atoms with Gasteiger partial charge >= 0.3 is 0 Å². The van der Waals surface area contributed by atoms with E-state index in [4.69, 9.17) is 9.84 Å². The van der Waals surface area contributed by atoms with Crippen LogP contribution in [0.3, 0.4) is 0 Å². The molecule has 0 saturated carbocycles. The fourth-order valence-electron chi connectivity index (χ4n) is 1.86. The molecule has 0 aliphatic heterocycles. The molecule has 2 N–H and O–H groups in total. The fraction of sp³-hybridized carbons (Fsp3) is 0.600. The summed E-state index contributed by atoms with van der Waals surface area (Å²) in [4.78, 5) is 0. The van der Waals surface area contributed by atoms with Crippen LogP contribution >= 0.6 is 0 Å². The van der Waals surface area contributed by atoms with Gasteiger partial charge in [0.2, 0.25) is 0 Å². The van der Waals surface area contributed by atoms with E-state index in [1.54, 1.807) is 0 Å². The summed E-state index contributed by atoms with van der Waals surface area (Å²) in [6.45, 7) is 3.57. The first-order valence-electron chi connectivity index (χ1n) is 7.11. The quantitative estimate of drug-likeness (QED) is 0.650. The van der Waals surface area contributed by atoms with Gasteiger partial charge in [0.15, 0.2) is 17.4 Å². The number of aliphatic hydroxyl groups is 1. The first-order valence-corrected chi connectivity index (χ1v) is 7.11. The van der Waals surface area contributed by atoms with E-state index in [0.717, 1.165) is 32.2 Å². The predicted octanol–water partition coefficient (Wildman–Crippen LogP) is 3.01. The molecule has 0 aliphatic carbocycles. The van der Waals surface area contributed by atoms with Gasteiger partial charge in [0.05, 0.1) is 6.61 Å². The van der Waals surface area contributed by atoms with Gasteiger partial charge in [-0.15, -0.1) is 0 Å². The third kappa shape index (κ3) is 5.84. The van der Waals surface area contributed by atoms with Gasteiger partial charge in [0, 0.05) is 13.2 Å². The molecule has 0 aromatic heterocycles. The van der Waals surface area contributed by atoms with Crippen molar-refractivity contribution in [3.05, 3.63) is 29.3 Å². The topological polar surface area (TPSA) is 41.5 Å². The lowest BCUT2D eigenvalue weighted by atomic mass is 10.2. The number of rotatable bonds is 10. The number of halogens is 2. The second-order valence-electron chi connectivity index (χ2n) is 4.66. The third-order valence-electron chi connectivity index (χ3n) is 2.94. The van der Waals surface area contributed by atoms with Crippen LogP contribution in [0.4, 0.5) is 8.78 Å². The highest BCUT2D eigenvalue weighted by atomic mass is 19.1. The Balaban J connectivity index is 2.45. The monoisotopic (exact) mass is 287 g/mol. The minimum atomic E-state index is -0.659. The lowest BCUT2D eigenvalue weighted by Crippen LogP contribution is -2.12. The average molecular weight is 287 g/mol. The van der Waals surface area contributed by atoms with E-state index in [1.165, 1.54) is 12.1 Å². The summed E-state index contributed by atoms with van der Waals surface area (Å²) in [5.74, 6) is -1.62. The highest BCUT2D eigenvalue weighted by Gasteiger charge is 2.12. The van der Waals surface area contributed by atoms with Crippen molar-refractivity contribution in [2.24, 2.45) is 0 Å². The van der Waals surface area contributed by atoms with Gasteiger partial charge in [-0.3, -0.25) is 0 Å². The zero-order valence-corrected chi connectivity index (χ0v) is 11.9. The number of hydrogen-bond donors (Lipinski definition) is 2. The molecule has 1 aromatic rings. The maximum Gasteiger partial charge on any atom is 0.190 e. The van der Waals surface area contributed by atoms with Crippen molar-refractivity contribution in [3.8, 4) is 5.75 Å². The molecule has 114 valence electrons. The normalized spacial score (nSPS) is 10.8. The summed E-state index contributed by atoms with van der Waals surface area (Å²) in [6, 6.07) is 2.60. The number of ether oxygens (including phenoxy) is 1. The van der Waals surface area contributed by atoms with Crippen LogP contribution in [0.15, 0.2) is 12.1 Å². The van der Waals surface area contributed by atoms with Gasteiger partial charge in [0.1, 0.15) is 0 Å². The molecule has 0 atom stereocenters. The highest BCUT2D eigenvalue weighted by molar-refractivity contribution is 5.31. The van der Waals surface area contributed by atoms with E-state index >= 15 is 0 Å². The van der Waals surface area contributed by atoms with E-state index < -0.39 is 11.6 Å². The van der Waals surface area contributed by atoms with Gasteiger partial charge in [-0.1, -0.05) is 13.3 Å². The molecule has 3 nitrogen and oxygen atoms in total. The number of benzene rings is 1. The molecular weight excluding hydrogens is 264 g/mol. The van der Waals surface area contributed by atoms with Crippen LogP contribution in [0.25, 0.3) is 0 Å². The smallest absolute Gasteiger partial charge is 0.190 e. The number of hydrogen-bond acceptors (Lipinski definition) is 3. The van der Waals surface area contributed by atoms with Crippen LogP contribution in [0.2, 0.25) is 0 Å². The van der Waals surface area contributed by atoms with E-state index in [9.17, 15) is 8.78 Å². The Morgan fingerprint density at radius 3 is 2.35 bits per heavy atom. The van der Waals surface area contributed by atoms with Gasteiger partial charge in [0.25, 0.3) is 0 Å². The van der Waals surface area contributed by atoms with Crippen molar-refractivity contribution in [2.45, 2.75) is 39.2 Å². The zero-order valence-electron chi connectivity index (χ0n) is 11.9. The Labute approximate surface area is 119 Å². The second-order valence-corrected chi connectivity index (χ2v) is 4.66. The lowest BCUT2D eigenvalue weighted by Gasteiger charge is -2.10.